The summed E-state index contributed by atoms with van der Waals surface area (Å²) in [5, 5.41) is 7.03. The molecule has 0 bridgehead atoms. The molecule has 1 atom stereocenters. The third-order valence-electron chi connectivity index (χ3n) is 4.76. The normalized spacial score (nSPS) is 12.0. The van der Waals surface area contributed by atoms with Gasteiger partial charge in [0.15, 0.2) is 0 Å². The van der Waals surface area contributed by atoms with Crippen LogP contribution in [0.5, 0.6) is 0 Å². The van der Waals surface area contributed by atoms with E-state index in [1.54, 1.807) is 23.0 Å². The molecule has 0 aliphatic carbocycles. The highest BCUT2D eigenvalue weighted by atomic mass is 16.5. The monoisotopic (exact) mass is 393 g/mol. The molecule has 7 nitrogen and oxygen atoms in total. The van der Waals surface area contributed by atoms with Crippen LogP contribution >= 0.6 is 0 Å². The maximum absolute atomic E-state index is 12.5. The Morgan fingerprint density at radius 2 is 2.03 bits per heavy atom. The zero-order valence-electron chi connectivity index (χ0n) is 17.3. The van der Waals surface area contributed by atoms with Gasteiger partial charge in [-0.15, -0.1) is 0 Å². The highest BCUT2D eigenvalue weighted by molar-refractivity contribution is 5.98. The third kappa shape index (κ3) is 5.20. The minimum Gasteiger partial charge on any atom is -0.383 e. The van der Waals surface area contributed by atoms with Crippen molar-refractivity contribution in [2.45, 2.75) is 33.4 Å². The van der Waals surface area contributed by atoms with Crippen LogP contribution in [0.25, 0.3) is 11.3 Å². The van der Waals surface area contributed by atoms with E-state index in [2.05, 4.69) is 47.4 Å². The Morgan fingerprint density at radius 1 is 1.24 bits per heavy atom. The van der Waals surface area contributed by atoms with Gasteiger partial charge < -0.3 is 15.8 Å². The number of nitrogens with zero attached hydrogens (tertiary/aromatic N) is 3. The van der Waals surface area contributed by atoms with Crippen molar-refractivity contribution in [3.63, 3.8) is 0 Å². The number of amides is 1. The first-order valence-corrected chi connectivity index (χ1v) is 9.53. The van der Waals surface area contributed by atoms with Crippen LogP contribution in [-0.4, -0.2) is 33.3 Å². The lowest BCUT2D eigenvalue weighted by molar-refractivity contribution is 0.0821. The molecule has 3 N–H and O–H groups in total. The second-order valence-corrected chi connectivity index (χ2v) is 7.34. The van der Waals surface area contributed by atoms with E-state index in [1.807, 2.05) is 20.2 Å². The Bertz CT molecular complexity index is 1010. The number of carbonyl (C=O) groups is 1. The van der Waals surface area contributed by atoms with Crippen molar-refractivity contribution in [1.29, 1.82) is 0 Å². The number of ether oxygens (including phenoxy) is 1. The minimum atomic E-state index is -0.269. The molecule has 0 saturated heterocycles. The molecule has 3 rings (SSSR count). The summed E-state index contributed by atoms with van der Waals surface area (Å²) in [5.41, 5.74) is 11.5. The Hall–Kier alpha value is -3.19. The van der Waals surface area contributed by atoms with Gasteiger partial charge in [0.25, 0.3) is 5.91 Å². The first kappa shape index (κ1) is 20.5. The maximum Gasteiger partial charge on any atom is 0.255 e. The molecule has 29 heavy (non-hydrogen) atoms. The van der Waals surface area contributed by atoms with Gasteiger partial charge in [0.1, 0.15) is 5.82 Å². The number of pyridine rings is 1. The summed E-state index contributed by atoms with van der Waals surface area (Å²) in [7, 11) is 1.83. The molecule has 0 saturated carbocycles. The van der Waals surface area contributed by atoms with E-state index in [0.717, 1.165) is 11.1 Å². The van der Waals surface area contributed by atoms with E-state index < -0.39 is 0 Å². The molecule has 0 fully saturated rings. The Kier molecular flexibility index (Phi) is 6.29. The first-order valence-electron chi connectivity index (χ1n) is 9.53. The molecule has 7 heteroatoms. The van der Waals surface area contributed by atoms with Crippen molar-refractivity contribution in [1.82, 2.24) is 20.1 Å². The van der Waals surface area contributed by atoms with Gasteiger partial charge in [-0.05, 0) is 49.6 Å². The van der Waals surface area contributed by atoms with Crippen molar-refractivity contribution >= 4 is 11.7 Å². The molecule has 0 spiro atoms. The van der Waals surface area contributed by atoms with Crippen molar-refractivity contribution in [3.05, 3.63) is 65.0 Å². The molecule has 0 aliphatic heterocycles. The number of nitrogens with two attached hydrogens (primary N) is 1. The van der Waals surface area contributed by atoms with Crippen LogP contribution in [-0.2, 0) is 18.4 Å². The molecule has 152 valence electrons. The minimum absolute atomic E-state index is 0.161. The van der Waals surface area contributed by atoms with Crippen molar-refractivity contribution in [2.24, 2.45) is 7.05 Å². The fraction of sp³-hybridized carbons (Fsp3) is 0.318. The van der Waals surface area contributed by atoms with E-state index in [1.165, 1.54) is 11.1 Å². The van der Waals surface area contributed by atoms with E-state index >= 15 is 0 Å². The van der Waals surface area contributed by atoms with Crippen molar-refractivity contribution < 1.29 is 9.53 Å². The van der Waals surface area contributed by atoms with Gasteiger partial charge in [0, 0.05) is 24.8 Å². The van der Waals surface area contributed by atoms with Gasteiger partial charge in [-0.25, -0.2) is 4.98 Å². The number of hydrogen-bond acceptors (Lipinski definition) is 5. The fourth-order valence-electron chi connectivity index (χ4n) is 2.97. The Balaban J connectivity index is 1.54. The molecule has 0 radical (unpaired) electrons. The van der Waals surface area contributed by atoms with E-state index in [9.17, 15) is 4.79 Å². The lowest BCUT2D eigenvalue weighted by Gasteiger charge is -2.15. The zero-order chi connectivity index (χ0) is 21.0. The van der Waals surface area contributed by atoms with Crippen LogP contribution in [0.1, 0.15) is 34.0 Å². The molecule has 2 aromatic heterocycles. The largest absolute Gasteiger partial charge is 0.383 e. The fourth-order valence-corrected chi connectivity index (χ4v) is 2.97. The van der Waals surface area contributed by atoms with Crippen LogP contribution in [0.3, 0.4) is 0 Å². The van der Waals surface area contributed by atoms with Crippen LogP contribution in [0.4, 0.5) is 5.82 Å². The van der Waals surface area contributed by atoms with E-state index in [4.69, 9.17) is 10.5 Å². The number of rotatable bonds is 7. The number of anilines is 1. The number of aromatic nitrogens is 3. The Labute approximate surface area is 170 Å². The lowest BCUT2D eigenvalue weighted by Crippen LogP contribution is -2.36. The van der Waals surface area contributed by atoms with Gasteiger partial charge in [-0.2, -0.15) is 5.10 Å². The van der Waals surface area contributed by atoms with Gasteiger partial charge in [0.2, 0.25) is 0 Å². The predicted octanol–water partition coefficient (Wildman–Crippen LogP) is 3.02. The van der Waals surface area contributed by atoms with Crippen LogP contribution < -0.4 is 11.1 Å². The summed E-state index contributed by atoms with van der Waals surface area (Å²) in [4.78, 5) is 16.9. The SMILES string of the molecule is Cc1ccc(COC[C@@H](C)NC(=O)c2ccc(-c3cnn(C)c3)nc2N)cc1C. The molecular weight excluding hydrogens is 366 g/mol. The summed E-state index contributed by atoms with van der Waals surface area (Å²) < 4.78 is 7.44. The first-order chi connectivity index (χ1) is 13.8. The van der Waals surface area contributed by atoms with Gasteiger partial charge in [0.05, 0.1) is 30.7 Å². The molecular formula is C22H27N5O2. The standard InChI is InChI=1S/C22H27N5O2/c1-14-5-6-17(9-15(14)2)13-29-12-16(3)25-22(28)19-7-8-20(26-21(19)23)18-10-24-27(4)11-18/h5-11,16H,12-13H2,1-4H3,(H2,23,26)(H,25,28)/t16-/m1/s1. The number of aryl methyl sites for hydroxylation is 3. The van der Waals surface area contributed by atoms with Crippen molar-refractivity contribution in [2.75, 3.05) is 12.3 Å². The molecule has 0 aliphatic rings. The number of nitrogens with one attached hydrogen (secondary N) is 1. The molecule has 0 unspecified atom stereocenters. The summed E-state index contributed by atoms with van der Waals surface area (Å²) >= 11 is 0. The number of nitrogen functional groups attached to an aromatic ring is 1. The molecule has 3 aromatic rings. The number of carbonyl (C=O) groups excluding carboxylic acids is 1. The van der Waals surface area contributed by atoms with Crippen LogP contribution in [0.2, 0.25) is 0 Å². The molecule has 2 heterocycles. The van der Waals surface area contributed by atoms with Crippen molar-refractivity contribution in [3.8, 4) is 11.3 Å². The summed E-state index contributed by atoms with van der Waals surface area (Å²) in [6.07, 6.45) is 3.55. The smallest absolute Gasteiger partial charge is 0.255 e. The zero-order valence-corrected chi connectivity index (χ0v) is 17.3. The Morgan fingerprint density at radius 3 is 2.69 bits per heavy atom. The van der Waals surface area contributed by atoms with Crippen LogP contribution in [0, 0.1) is 13.8 Å². The van der Waals surface area contributed by atoms with Gasteiger partial charge in [-0.3, -0.25) is 9.48 Å². The lowest BCUT2D eigenvalue weighted by atomic mass is 10.1. The third-order valence-corrected chi connectivity index (χ3v) is 4.76. The van der Waals surface area contributed by atoms with Gasteiger partial charge >= 0.3 is 0 Å². The summed E-state index contributed by atoms with van der Waals surface area (Å²) in [5.74, 6) is -0.0814. The summed E-state index contributed by atoms with van der Waals surface area (Å²) in [6.45, 7) is 6.97. The summed E-state index contributed by atoms with van der Waals surface area (Å²) in [6, 6.07) is 9.55. The average Bonchev–Trinajstić information content (AvgIpc) is 3.11. The second-order valence-electron chi connectivity index (χ2n) is 7.34. The maximum atomic E-state index is 12.5. The van der Waals surface area contributed by atoms with Gasteiger partial charge in [-0.1, -0.05) is 18.2 Å². The van der Waals surface area contributed by atoms with E-state index in [0.29, 0.717) is 24.5 Å². The average molecular weight is 393 g/mol. The van der Waals surface area contributed by atoms with Crippen LogP contribution in [0.15, 0.2) is 42.7 Å². The molecule has 1 amide bonds. The second kappa shape index (κ2) is 8.87. The highest BCUT2D eigenvalue weighted by Gasteiger charge is 2.15. The highest BCUT2D eigenvalue weighted by Crippen LogP contribution is 2.19. The number of hydrogen-bond donors (Lipinski definition) is 2. The quantitative estimate of drug-likeness (QED) is 0.643. The topological polar surface area (TPSA) is 95.1 Å². The number of benzene rings is 1. The molecule has 1 aromatic carbocycles. The van der Waals surface area contributed by atoms with E-state index in [-0.39, 0.29) is 17.8 Å². The predicted molar refractivity (Wildman–Crippen MR) is 113 cm³/mol.